The lowest BCUT2D eigenvalue weighted by Gasteiger charge is -2.26. The third-order valence-corrected chi connectivity index (χ3v) is 7.61. The zero-order valence-corrected chi connectivity index (χ0v) is 24.0. The van der Waals surface area contributed by atoms with Gasteiger partial charge in [0.1, 0.15) is 24.2 Å². The van der Waals surface area contributed by atoms with E-state index in [0.717, 1.165) is 22.4 Å². The zero-order chi connectivity index (χ0) is 29.9. The van der Waals surface area contributed by atoms with Crippen molar-refractivity contribution in [1.82, 2.24) is 9.88 Å². The number of nitrogens with zero attached hydrogens (tertiary/aromatic N) is 2. The van der Waals surface area contributed by atoms with Crippen molar-refractivity contribution in [3.8, 4) is 17.2 Å². The Morgan fingerprint density at radius 1 is 0.977 bits per heavy atom. The number of ketones is 1. The highest BCUT2D eigenvalue weighted by Crippen LogP contribution is 2.43. The lowest BCUT2D eigenvalue weighted by Crippen LogP contribution is -2.29. The number of aromatic nitrogens is 1. The van der Waals surface area contributed by atoms with Gasteiger partial charge < -0.3 is 24.2 Å². The molecule has 1 N–H and O–H groups in total. The van der Waals surface area contributed by atoms with Crippen LogP contribution >= 0.6 is 0 Å². The number of carbonyl (C=O) groups is 2. The minimum atomic E-state index is -0.869. The van der Waals surface area contributed by atoms with Crippen molar-refractivity contribution < 1.29 is 28.9 Å². The summed E-state index contributed by atoms with van der Waals surface area (Å²) >= 11 is 0. The first-order valence-corrected chi connectivity index (χ1v) is 14.3. The quantitative estimate of drug-likeness (QED) is 0.148. The topological polar surface area (TPSA) is 98.2 Å². The van der Waals surface area contributed by atoms with Crippen LogP contribution in [0.3, 0.4) is 0 Å². The van der Waals surface area contributed by atoms with Gasteiger partial charge in [-0.2, -0.15) is 0 Å². The van der Waals surface area contributed by atoms with Crippen molar-refractivity contribution in [1.29, 1.82) is 0 Å². The highest BCUT2D eigenvalue weighted by Gasteiger charge is 2.46. The molecular formula is C35H32N2O6. The molecule has 0 aliphatic carbocycles. The van der Waals surface area contributed by atoms with E-state index in [1.807, 2.05) is 56.3 Å². The summed E-state index contributed by atoms with van der Waals surface area (Å²) in [7, 11) is 0. The monoisotopic (exact) mass is 576 g/mol. The number of ether oxygens (including phenoxy) is 3. The Labute approximate surface area is 250 Å². The first kappa shape index (κ1) is 28.0. The Morgan fingerprint density at radius 3 is 2.56 bits per heavy atom. The van der Waals surface area contributed by atoms with Crippen molar-refractivity contribution in [2.75, 3.05) is 6.61 Å². The third kappa shape index (κ3) is 5.68. The average molecular weight is 577 g/mol. The van der Waals surface area contributed by atoms with E-state index in [4.69, 9.17) is 14.2 Å². The molecule has 2 aliphatic heterocycles. The van der Waals surface area contributed by atoms with E-state index in [1.165, 1.54) is 4.90 Å². The van der Waals surface area contributed by atoms with E-state index < -0.39 is 17.7 Å². The molecule has 8 heteroatoms. The molecule has 0 spiro atoms. The van der Waals surface area contributed by atoms with Gasteiger partial charge >= 0.3 is 0 Å². The second-order valence-corrected chi connectivity index (χ2v) is 10.7. The van der Waals surface area contributed by atoms with Crippen LogP contribution < -0.4 is 14.2 Å². The first-order chi connectivity index (χ1) is 20.9. The van der Waals surface area contributed by atoms with E-state index in [9.17, 15) is 14.7 Å². The van der Waals surface area contributed by atoms with Crippen LogP contribution in [0.2, 0.25) is 0 Å². The molecule has 1 fully saturated rings. The number of Topliss-reactive ketones (excluding diaryl/α,β-unsaturated/α-hetero) is 1. The number of aliphatic hydroxyl groups excluding tert-OH is 1. The molecule has 0 bridgehead atoms. The smallest absolute Gasteiger partial charge is 0.295 e. The van der Waals surface area contributed by atoms with Gasteiger partial charge in [-0.1, -0.05) is 42.5 Å². The maximum Gasteiger partial charge on any atom is 0.295 e. The molecule has 8 nitrogen and oxygen atoms in total. The second-order valence-electron chi connectivity index (χ2n) is 10.7. The molecule has 43 heavy (non-hydrogen) atoms. The Bertz CT molecular complexity index is 1690. The third-order valence-electron chi connectivity index (χ3n) is 7.61. The standard InChI is InChI=1S/C35H32N2O6/c1-3-41-30-18-25(11-14-29(30)42-21-23-8-5-4-6-9-23)32-31(33(38)26-12-13-28-27(17-26)16-22(2)43-28)34(39)35(40)37(32)20-24-10-7-15-36-19-24/h4-15,17-19,22,32,38H,3,16,20-21H2,1-2H3/t22-,32+/m0/s1. The molecule has 218 valence electrons. The normalized spacial score (nSPS) is 18.8. The summed E-state index contributed by atoms with van der Waals surface area (Å²) in [6, 6.07) is 23.3. The summed E-state index contributed by atoms with van der Waals surface area (Å²) in [5, 5.41) is 11.6. The fourth-order valence-electron chi connectivity index (χ4n) is 5.62. The SMILES string of the molecule is CCOc1cc([C@@H]2C(=C(O)c3ccc4c(c3)C[C@H](C)O4)C(=O)C(=O)N2Cc2cccnc2)ccc1OCc1ccccc1. The van der Waals surface area contributed by atoms with Gasteiger partial charge in [-0.15, -0.1) is 0 Å². The number of amides is 1. The molecule has 4 aromatic rings. The molecule has 3 heterocycles. The van der Waals surface area contributed by atoms with E-state index in [-0.39, 0.29) is 24.0 Å². The molecule has 2 atom stereocenters. The van der Waals surface area contributed by atoms with Gasteiger partial charge in [-0.05, 0) is 72.5 Å². The van der Waals surface area contributed by atoms with Crippen molar-refractivity contribution in [3.05, 3.63) is 125 Å². The maximum absolute atomic E-state index is 13.6. The highest BCUT2D eigenvalue weighted by atomic mass is 16.5. The summed E-state index contributed by atoms with van der Waals surface area (Å²) < 4.78 is 17.9. The Kier molecular flexibility index (Phi) is 7.83. The molecule has 1 aromatic heterocycles. The summed E-state index contributed by atoms with van der Waals surface area (Å²) in [6.45, 7) is 4.72. The minimum absolute atomic E-state index is 0.0150. The maximum atomic E-state index is 13.6. The van der Waals surface area contributed by atoms with Crippen LogP contribution in [-0.2, 0) is 29.2 Å². The number of fused-ring (bicyclic) bond motifs is 1. The van der Waals surface area contributed by atoms with Crippen molar-refractivity contribution in [2.24, 2.45) is 0 Å². The molecule has 0 unspecified atom stereocenters. The molecule has 0 saturated carbocycles. The lowest BCUT2D eigenvalue weighted by molar-refractivity contribution is -0.140. The van der Waals surface area contributed by atoms with Gasteiger partial charge in [-0.25, -0.2) is 0 Å². The number of likely N-dealkylation sites (tertiary alicyclic amines) is 1. The van der Waals surface area contributed by atoms with Crippen LogP contribution in [0.1, 0.15) is 47.7 Å². The van der Waals surface area contributed by atoms with Gasteiger partial charge in [-0.3, -0.25) is 14.6 Å². The summed E-state index contributed by atoms with van der Waals surface area (Å²) in [5.41, 5.74) is 3.78. The van der Waals surface area contributed by atoms with Gasteiger partial charge in [0.25, 0.3) is 11.7 Å². The van der Waals surface area contributed by atoms with Crippen molar-refractivity contribution in [3.63, 3.8) is 0 Å². The molecule has 2 aliphatic rings. The predicted octanol–water partition coefficient (Wildman–Crippen LogP) is 6.00. The number of carbonyl (C=O) groups excluding carboxylic acids is 2. The number of benzene rings is 3. The Balaban J connectivity index is 1.43. The van der Waals surface area contributed by atoms with Gasteiger partial charge in [0, 0.05) is 30.9 Å². The molecule has 3 aromatic carbocycles. The summed E-state index contributed by atoms with van der Waals surface area (Å²) in [6.07, 6.45) is 4.02. The molecular weight excluding hydrogens is 544 g/mol. The largest absolute Gasteiger partial charge is 0.507 e. The van der Waals surface area contributed by atoms with Crippen molar-refractivity contribution >= 4 is 17.4 Å². The number of aliphatic hydroxyl groups is 1. The second kappa shape index (κ2) is 12.0. The van der Waals surface area contributed by atoms with E-state index >= 15 is 0 Å². The van der Waals surface area contributed by atoms with Crippen LogP contribution in [0.15, 0.2) is 96.8 Å². The molecule has 6 rings (SSSR count). The average Bonchev–Trinajstić information content (AvgIpc) is 3.52. The molecule has 0 radical (unpaired) electrons. The number of hydrogen-bond donors (Lipinski definition) is 1. The Hall–Kier alpha value is -5.11. The molecule has 1 amide bonds. The predicted molar refractivity (Wildman–Crippen MR) is 161 cm³/mol. The summed E-state index contributed by atoms with van der Waals surface area (Å²) in [5.74, 6) is 0.0829. The number of pyridine rings is 1. The fourth-order valence-corrected chi connectivity index (χ4v) is 5.62. The minimum Gasteiger partial charge on any atom is -0.507 e. The lowest BCUT2D eigenvalue weighted by atomic mass is 9.94. The number of hydrogen-bond acceptors (Lipinski definition) is 7. The van der Waals surface area contributed by atoms with Crippen LogP contribution in [0.4, 0.5) is 0 Å². The van der Waals surface area contributed by atoms with E-state index in [1.54, 1.807) is 48.8 Å². The van der Waals surface area contributed by atoms with Gasteiger partial charge in [0.05, 0.1) is 18.2 Å². The van der Waals surface area contributed by atoms with Crippen LogP contribution in [0.25, 0.3) is 5.76 Å². The van der Waals surface area contributed by atoms with Gasteiger partial charge in [0.15, 0.2) is 11.5 Å². The van der Waals surface area contributed by atoms with E-state index in [0.29, 0.717) is 42.3 Å². The molecule has 1 saturated heterocycles. The van der Waals surface area contributed by atoms with Gasteiger partial charge in [0.2, 0.25) is 0 Å². The first-order valence-electron chi connectivity index (χ1n) is 14.3. The van der Waals surface area contributed by atoms with Crippen LogP contribution in [0.5, 0.6) is 17.2 Å². The van der Waals surface area contributed by atoms with Crippen LogP contribution in [0, 0.1) is 0 Å². The number of rotatable bonds is 9. The fraction of sp³-hybridized carbons (Fsp3) is 0.229. The van der Waals surface area contributed by atoms with Crippen LogP contribution in [-0.4, -0.2) is 39.4 Å². The van der Waals surface area contributed by atoms with Crippen molar-refractivity contribution in [2.45, 2.75) is 45.6 Å². The Morgan fingerprint density at radius 2 is 1.79 bits per heavy atom. The van der Waals surface area contributed by atoms with E-state index in [2.05, 4.69) is 4.98 Å². The summed E-state index contributed by atoms with van der Waals surface area (Å²) in [4.78, 5) is 32.8. The highest BCUT2D eigenvalue weighted by molar-refractivity contribution is 6.46. The zero-order valence-electron chi connectivity index (χ0n) is 24.0.